The maximum absolute atomic E-state index is 12.4. The lowest BCUT2D eigenvalue weighted by Gasteiger charge is -2.15. The number of carboxylic acids is 1. The number of carboxylic acid groups (broad SMARTS) is 1. The zero-order valence-electron chi connectivity index (χ0n) is 14.3. The van der Waals surface area contributed by atoms with E-state index >= 15 is 0 Å². The molecule has 6 heteroatoms. The molecule has 0 aliphatic rings. The number of amides is 1. The molecule has 0 aliphatic carbocycles. The van der Waals surface area contributed by atoms with Gasteiger partial charge in [0.15, 0.2) is 0 Å². The van der Waals surface area contributed by atoms with Gasteiger partial charge in [0.2, 0.25) is 5.56 Å². The van der Waals surface area contributed by atoms with Crippen molar-refractivity contribution in [3.63, 3.8) is 0 Å². The highest BCUT2D eigenvalue weighted by molar-refractivity contribution is 5.96. The van der Waals surface area contributed by atoms with Gasteiger partial charge in [0.25, 0.3) is 5.91 Å². The summed E-state index contributed by atoms with van der Waals surface area (Å²) in [5.41, 5.74) is 1.25. The molecule has 1 aromatic heterocycles. The Morgan fingerprint density at radius 2 is 1.80 bits per heavy atom. The Morgan fingerprint density at radius 3 is 2.40 bits per heavy atom. The predicted molar refractivity (Wildman–Crippen MR) is 94.6 cm³/mol. The van der Waals surface area contributed by atoms with E-state index in [1.165, 1.54) is 6.07 Å². The van der Waals surface area contributed by atoms with Gasteiger partial charge in [-0.2, -0.15) is 0 Å². The standard InChI is InChI=1S/C19H22N2O4/c1-12(2)8-15-10-14(11-17(22)20-15)18(23)21-16(19(24)25)9-13-6-4-3-5-7-13/h3-7,10-12,16H,8-9H2,1-2H3,(H,20,22)(H,21,23)(H,24,25). The molecule has 3 N–H and O–H groups in total. The van der Waals surface area contributed by atoms with Gasteiger partial charge in [-0.3, -0.25) is 9.59 Å². The average molecular weight is 342 g/mol. The van der Waals surface area contributed by atoms with Gasteiger partial charge < -0.3 is 15.4 Å². The molecule has 0 fully saturated rings. The maximum atomic E-state index is 12.4. The van der Waals surface area contributed by atoms with Crippen LogP contribution in [0.25, 0.3) is 0 Å². The zero-order chi connectivity index (χ0) is 18.4. The summed E-state index contributed by atoms with van der Waals surface area (Å²) >= 11 is 0. The largest absolute Gasteiger partial charge is 0.480 e. The summed E-state index contributed by atoms with van der Waals surface area (Å²) in [4.78, 5) is 38.3. The molecular formula is C19H22N2O4. The molecule has 2 aromatic rings. The Balaban J connectivity index is 2.17. The van der Waals surface area contributed by atoms with Crippen molar-refractivity contribution in [1.82, 2.24) is 10.3 Å². The summed E-state index contributed by atoms with van der Waals surface area (Å²) in [6, 6.07) is 10.8. The minimum absolute atomic E-state index is 0.165. The first-order valence-electron chi connectivity index (χ1n) is 8.16. The van der Waals surface area contributed by atoms with E-state index in [2.05, 4.69) is 10.3 Å². The first kappa shape index (κ1) is 18.4. The third kappa shape index (κ3) is 5.60. The molecular weight excluding hydrogens is 320 g/mol. The van der Waals surface area contributed by atoms with Crippen LogP contribution in [0.5, 0.6) is 0 Å². The minimum Gasteiger partial charge on any atom is -0.480 e. The highest BCUT2D eigenvalue weighted by Crippen LogP contribution is 2.08. The number of hydrogen-bond acceptors (Lipinski definition) is 3. The molecule has 2 rings (SSSR count). The van der Waals surface area contributed by atoms with E-state index in [0.717, 1.165) is 5.56 Å². The quantitative estimate of drug-likeness (QED) is 0.716. The molecule has 0 radical (unpaired) electrons. The van der Waals surface area contributed by atoms with Gasteiger partial charge in [0, 0.05) is 23.7 Å². The summed E-state index contributed by atoms with van der Waals surface area (Å²) in [6.45, 7) is 4.01. The van der Waals surface area contributed by atoms with Crippen molar-refractivity contribution in [2.24, 2.45) is 5.92 Å². The number of nitrogens with one attached hydrogen (secondary N) is 2. The van der Waals surface area contributed by atoms with Crippen molar-refractivity contribution in [2.45, 2.75) is 32.7 Å². The molecule has 0 saturated carbocycles. The Hall–Kier alpha value is -2.89. The predicted octanol–water partition coefficient (Wildman–Crippen LogP) is 2.00. The highest BCUT2D eigenvalue weighted by Gasteiger charge is 2.21. The number of aromatic amines is 1. The van der Waals surface area contributed by atoms with Crippen LogP contribution in [-0.2, 0) is 17.6 Å². The maximum Gasteiger partial charge on any atom is 0.326 e. The molecule has 0 bridgehead atoms. The average Bonchev–Trinajstić information content (AvgIpc) is 2.53. The molecule has 1 unspecified atom stereocenters. The van der Waals surface area contributed by atoms with Crippen molar-refractivity contribution in [1.29, 1.82) is 0 Å². The molecule has 0 saturated heterocycles. The SMILES string of the molecule is CC(C)Cc1cc(C(=O)NC(Cc2ccccc2)C(=O)O)cc(=O)[nH]1. The summed E-state index contributed by atoms with van der Waals surface area (Å²) in [6.07, 6.45) is 0.798. The van der Waals surface area contributed by atoms with Crippen LogP contribution in [0.2, 0.25) is 0 Å². The number of pyridine rings is 1. The van der Waals surface area contributed by atoms with Gasteiger partial charge in [-0.15, -0.1) is 0 Å². The van der Waals surface area contributed by atoms with Gasteiger partial charge in [0.05, 0.1) is 0 Å². The van der Waals surface area contributed by atoms with E-state index in [9.17, 15) is 19.5 Å². The Morgan fingerprint density at radius 1 is 1.12 bits per heavy atom. The van der Waals surface area contributed by atoms with Crippen molar-refractivity contribution in [3.8, 4) is 0 Å². The van der Waals surface area contributed by atoms with Crippen molar-refractivity contribution in [3.05, 3.63) is 69.6 Å². The lowest BCUT2D eigenvalue weighted by atomic mass is 10.0. The van der Waals surface area contributed by atoms with Crippen LogP contribution in [0, 0.1) is 5.92 Å². The Kier molecular flexibility index (Phi) is 6.11. The second-order valence-corrected chi connectivity index (χ2v) is 6.41. The second kappa shape index (κ2) is 8.28. The fourth-order valence-electron chi connectivity index (χ4n) is 2.57. The van der Waals surface area contributed by atoms with Gasteiger partial charge in [-0.1, -0.05) is 44.2 Å². The number of aromatic nitrogens is 1. The van der Waals surface area contributed by atoms with Gasteiger partial charge in [-0.05, 0) is 24.0 Å². The number of carbonyl (C=O) groups is 2. The normalized spacial score (nSPS) is 12.0. The molecule has 1 amide bonds. The van der Waals surface area contributed by atoms with Crippen LogP contribution >= 0.6 is 0 Å². The molecule has 132 valence electrons. The van der Waals surface area contributed by atoms with Crippen LogP contribution in [0.1, 0.15) is 35.5 Å². The second-order valence-electron chi connectivity index (χ2n) is 6.41. The van der Waals surface area contributed by atoms with E-state index in [-0.39, 0.29) is 17.5 Å². The van der Waals surface area contributed by atoms with Crippen LogP contribution in [0.4, 0.5) is 0 Å². The fourth-order valence-corrected chi connectivity index (χ4v) is 2.57. The number of H-pyrrole nitrogens is 1. The van der Waals surface area contributed by atoms with Gasteiger partial charge >= 0.3 is 5.97 Å². The number of carbonyl (C=O) groups excluding carboxylic acids is 1. The van der Waals surface area contributed by atoms with E-state index < -0.39 is 17.9 Å². The molecule has 0 spiro atoms. The highest BCUT2D eigenvalue weighted by atomic mass is 16.4. The third-order valence-electron chi connectivity index (χ3n) is 3.68. The summed E-state index contributed by atoms with van der Waals surface area (Å²) in [7, 11) is 0. The van der Waals surface area contributed by atoms with Crippen molar-refractivity contribution >= 4 is 11.9 Å². The molecule has 1 heterocycles. The lowest BCUT2D eigenvalue weighted by Crippen LogP contribution is -2.42. The smallest absolute Gasteiger partial charge is 0.326 e. The van der Waals surface area contributed by atoms with E-state index in [1.54, 1.807) is 18.2 Å². The third-order valence-corrected chi connectivity index (χ3v) is 3.68. The van der Waals surface area contributed by atoms with Gasteiger partial charge in [0.1, 0.15) is 6.04 Å². The number of aliphatic carboxylic acids is 1. The van der Waals surface area contributed by atoms with Crippen LogP contribution in [0.15, 0.2) is 47.3 Å². The van der Waals surface area contributed by atoms with Crippen LogP contribution in [0.3, 0.4) is 0 Å². The van der Waals surface area contributed by atoms with E-state index in [4.69, 9.17) is 0 Å². The van der Waals surface area contributed by atoms with E-state index in [1.807, 2.05) is 32.0 Å². The first-order chi connectivity index (χ1) is 11.8. The molecule has 0 aliphatic heterocycles. The molecule has 1 aromatic carbocycles. The summed E-state index contributed by atoms with van der Waals surface area (Å²) in [5.74, 6) is -1.37. The van der Waals surface area contributed by atoms with Crippen LogP contribution in [-0.4, -0.2) is 28.0 Å². The summed E-state index contributed by atoms with van der Waals surface area (Å²) < 4.78 is 0. The van der Waals surface area contributed by atoms with Crippen molar-refractivity contribution in [2.75, 3.05) is 0 Å². The number of rotatable bonds is 7. The molecule has 1 atom stereocenters. The summed E-state index contributed by atoms with van der Waals surface area (Å²) in [5, 5.41) is 11.9. The lowest BCUT2D eigenvalue weighted by molar-refractivity contribution is -0.139. The Labute approximate surface area is 145 Å². The van der Waals surface area contributed by atoms with Crippen LogP contribution < -0.4 is 10.9 Å². The monoisotopic (exact) mass is 342 g/mol. The van der Waals surface area contributed by atoms with Crippen molar-refractivity contribution < 1.29 is 14.7 Å². The van der Waals surface area contributed by atoms with Gasteiger partial charge in [-0.25, -0.2) is 4.79 Å². The first-order valence-corrected chi connectivity index (χ1v) is 8.16. The molecule has 6 nitrogen and oxygen atoms in total. The molecule has 25 heavy (non-hydrogen) atoms. The Bertz CT molecular complexity index is 797. The number of benzene rings is 1. The fraction of sp³-hybridized carbons (Fsp3) is 0.316. The zero-order valence-corrected chi connectivity index (χ0v) is 14.3. The van der Waals surface area contributed by atoms with E-state index in [0.29, 0.717) is 18.0 Å². The number of hydrogen-bond donors (Lipinski definition) is 3. The topological polar surface area (TPSA) is 99.3 Å². The minimum atomic E-state index is -1.12.